The van der Waals surface area contributed by atoms with Crippen molar-refractivity contribution >= 4 is 0 Å². The summed E-state index contributed by atoms with van der Waals surface area (Å²) in [6.45, 7) is 7.35. The van der Waals surface area contributed by atoms with Crippen LogP contribution in [0.1, 0.15) is 26.7 Å². The van der Waals surface area contributed by atoms with Crippen LogP contribution in [0.3, 0.4) is 0 Å². The first-order valence-electron chi connectivity index (χ1n) is 4.25. The quantitative estimate of drug-likeness (QED) is 0.545. The Hall–Kier alpha value is -0.0800. The molecule has 0 aliphatic rings. The third kappa shape index (κ3) is 4.77. The maximum absolute atomic E-state index is 5.54. The van der Waals surface area contributed by atoms with E-state index in [9.17, 15) is 0 Å². The molecule has 1 atom stereocenters. The Morgan fingerprint density at radius 1 is 1.40 bits per heavy atom. The van der Waals surface area contributed by atoms with Crippen LogP contribution in [-0.4, -0.2) is 19.6 Å². The summed E-state index contributed by atoms with van der Waals surface area (Å²) in [6.07, 6.45) is 2.43. The molecule has 0 aliphatic carbocycles. The summed E-state index contributed by atoms with van der Waals surface area (Å²) in [6, 6.07) is 0. The number of rotatable bonds is 6. The van der Waals surface area contributed by atoms with E-state index in [0.29, 0.717) is 0 Å². The lowest BCUT2D eigenvalue weighted by molar-refractivity contribution is 0.464. The number of hydrogen-bond donors (Lipinski definition) is 2. The fourth-order valence-corrected chi connectivity index (χ4v) is 0.972. The van der Waals surface area contributed by atoms with E-state index in [-0.39, 0.29) is 0 Å². The van der Waals surface area contributed by atoms with Crippen LogP contribution in [0.4, 0.5) is 0 Å². The van der Waals surface area contributed by atoms with Crippen LogP contribution in [-0.2, 0) is 0 Å². The summed E-state index contributed by atoms with van der Waals surface area (Å²) in [4.78, 5) is 0. The molecule has 3 N–H and O–H groups in total. The second-order valence-electron chi connectivity index (χ2n) is 2.65. The van der Waals surface area contributed by atoms with E-state index in [1.807, 2.05) is 0 Å². The number of hydrogen-bond acceptors (Lipinski definition) is 2. The topological polar surface area (TPSA) is 38.0 Å². The molecule has 2 nitrogen and oxygen atoms in total. The Balaban J connectivity index is 3.09. The molecule has 2 heteroatoms. The van der Waals surface area contributed by atoms with Crippen molar-refractivity contribution in [3.63, 3.8) is 0 Å². The van der Waals surface area contributed by atoms with Gasteiger partial charge in [0, 0.05) is 0 Å². The molecular weight excluding hydrogens is 124 g/mol. The number of nitrogens with two attached hydrogens (primary N) is 1. The highest BCUT2D eigenvalue weighted by Crippen LogP contribution is 2.03. The Bertz CT molecular complexity index is 60.3. The molecule has 0 aromatic carbocycles. The SMILES string of the molecule is CCNCCC(CC)CN. The molecule has 0 fully saturated rings. The third-order valence-electron chi connectivity index (χ3n) is 1.89. The van der Waals surface area contributed by atoms with E-state index in [1.165, 1.54) is 12.8 Å². The molecule has 0 heterocycles. The lowest BCUT2D eigenvalue weighted by Crippen LogP contribution is -2.21. The zero-order valence-electron chi connectivity index (χ0n) is 7.19. The third-order valence-corrected chi connectivity index (χ3v) is 1.89. The van der Waals surface area contributed by atoms with Gasteiger partial charge in [0.25, 0.3) is 0 Å². The lowest BCUT2D eigenvalue weighted by Gasteiger charge is -2.11. The Kier molecular flexibility index (Phi) is 6.98. The van der Waals surface area contributed by atoms with Crippen molar-refractivity contribution in [1.82, 2.24) is 5.32 Å². The fraction of sp³-hybridized carbons (Fsp3) is 1.00. The van der Waals surface area contributed by atoms with E-state index in [1.54, 1.807) is 0 Å². The van der Waals surface area contributed by atoms with Crippen molar-refractivity contribution in [2.45, 2.75) is 26.7 Å². The molecule has 10 heavy (non-hydrogen) atoms. The molecule has 0 aliphatic heterocycles. The van der Waals surface area contributed by atoms with Crippen LogP contribution in [0.2, 0.25) is 0 Å². The van der Waals surface area contributed by atoms with Crippen molar-refractivity contribution in [1.29, 1.82) is 0 Å². The normalized spacial score (nSPS) is 13.5. The molecule has 0 rings (SSSR count). The van der Waals surface area contributed by atoms with Gasteiger partial charge in [0.05, 0.1) is 0 Å². The molecule has 0 radical (unpaired) electrons. The highest BCUT2D eigenvalue weighted by Gasteiger charge is 2.00. The summed E-state index contributed by atoms with van der Waals surface area (Å²) in [5, 5.41) is 3.29. The summed E-state index contributed by atoms with van der Waals surface area (Å²) in [5.74, 6) is 0.721. The van der Waals surface area contributed by atoms with Gasteiger partial charge in [-0.1, -0.05) is 20.3 Å². The molecular formula is C8H20N2. The van der Waals surface area contributed by atoms with E-state index in [0.717, 1.165) is 25.6 Å². The van der Waals surface area contributed by atoms with Gasteiger partial charge in [-0.05, 0) is 32.0 Å². The van der Waals surface area contributed by atoms with Crippen LogP contribution in [0.25, 0.3) is 0 Å². The van der Waals surface area contributed by atoms with Crippen LogP contribution in [0, 0.1) is 5.92 Å². The minimum atomic E-state index is 0.721. The summed E-state index contributed by atoms with van der Waals surface area (Å²) >= 11 is 0. The standard InChI is InChI=1S/C8H20N2/c1-3-8(7-9)5-6-10-4-2/h8,10H,3-7,9H2,1-2H3. The van der Waals surface area contributed by atoms with Crippen LogP contribution >= 0.6 is 0 Å². The molecule has 0 spiro atoms. The smallest absolute Gasteiger partial charge is 0.00459 e. The van der Waals surface area contributed by atoms with E-state index in [4.69, 9.17) is 5.73 Å². The van der Waals surface area contributed by atoms with Gasteiger partial charge < -0.3 is 11.1 Å². The minimum Gasteiger partial charge on any atom is -0.330 e. The van der Waals surface area contributed by atoms with Crippen LogP contribution < -0.4 is 11.1 Å². The molecule has 0 bridgehead atoms. The van der Waals surface area contributed by atoms with Gasteiger partial charge in [0.15, 0.2) is 0 Å². The van der Waals surface area contributed by atoms with Crippen molar-refractivity contribution < 1.29 is 0 Å². The van der Waals surface area contributed by atoms with Gasteiger partial charge in [0.2, 0.25) is 0 Å². The maximum atomic E-state index is 5.54. The lowest BCUT2D eigenvalue weighted by atomic mass is 10.0. The average Bonchev–Trinajstić information content (AvgIpc) is 1.99. The van der Waals surface area contributed by atoms with Gasteiger partial charge in [-0.3, -0.25) is 0 Å². The van der Waals surface area contributed by atoms with Crippen LogP contribution in [0.5, 0.6) is 0 Å². The van der Waals surface area contributed by atoms with E-state index >= 15 is 0 Å². The van der Waals surface area contributed by atoms with Gasteiger partial charge >= 0.3 is 0 Å². The molecule has 0 aromatic rings. The first-order valence-corrected chi connectivity index (χ1v) is 4.25. The molecule has 0 saturated carbocycles. The van der Waals surface area contributed by atoms with Crippen molar-refractivity contribution in [3.05, 3.63) is 0 Å². The van der Waals surface area contributed by atoms with Crippen molar-refractivity contribution in [2.24, 2.45) is 11.7 Å². The highest BCUT2D eigenvalue weighted by atomic mass is 14.8. The zero-order valence-corrected chi connectivity index (χ0v) is 7.19. The van der Waals surface area contributed by atoms with E-state index < -0.39 is 0 Å². The minimum absolute atomic E-state index is 0.721. The van der Waals surface area contributed by atoms with Gasteiger partial charge in [-0.2, -0.15) is 0 Å². The summed E-state index contributed by atoms with van der Waals surface area (Å²) < 4.78 is 0. The van der Waals surface area contributed by atoms with Crippen molar-refractivity contribution in [2.75, 3.05) is 19.6 Å². The second kappa shape index (κ2) is 7.03. The monoisotopic (exact) mass is 144 g/mol. The maximum Gasteiger partial charge on any atom is -0.00459 e. The van der Waals surface area contributed by atoms with E-state index in [2.05, 4.69) is 19.2 Å². The Morgan fingerprint density at radius 2 is 2.10 bits per heavy atom. The molecule has 0 saturated heterocycles. The summed E-state index contributed by atoms with van der Waals surface area (Å²) in [7, 11) is 0. The Morgan fingerprint density at radius 3 is 2.50 bits per heavy atom. The zero-order chi connectivity index (χ0) is 7.82. The highest BCUT2D eigenvalue weighted by molar-refractivity contribution is 4.58. The van der Waals surface area contributed by atoms with Gasteiger partial charge in [-0.15, -0.1) is 0 Å². The summed E-state index contributed by atoms with van der Waals surface area (Å²) in [5.41, 5.74) is 5.54. The van der Waals surface area contributed by atoms with Crippen LogP contribution in [0.15, 0.2) is 0 Å². The van der Waals surface area contributed by atoms with Gasteiger partial charge in [0.1, 0.15) is 0 Å². The van der Waals surface area contributed by atoms with Gasteiger partial charge in [-0.25, -0.2) is 0 Å². The largest absolute Gasteiger partial charge is 0.330 e. The molecule has 0 aromatic heterocycles. The molecule has 62 valence electrons. The molecule has 0 amide bonds. The predicted molar refractivity (Wildman–Crippen MR) is 46.0 cm³/mol. The average molecular weight is 144 g/mol. The van der Waals surface area contributed by atoms with Crippen molar-refractivity contribution in [3.8, 4) is 0 Å². The fourth-order valence-electron chi connectivity index (χ4n) is 0.972. The second-order valence-corrected chi connectivity index (χ2v) is 2.65. The molecule has 1 unspecified atom stereocenters. The first kappa shape index (κ1) is 9.92. The first-order chi connectivity index (χ1) is 4.85. The number of nitrogens with one attached hydrogen (secondary N) is 1. The predicted octanol–water partition coefficient (Wildman–Crippen LogP) is 0.971. The Labute approximate surface area is 64.2 Å².